The summed E-state index contributed by atoms with van der Waals surface area (Å²) in [6, 6.07) is 12.6. The van der Waals surface area contributed by atoms with Gasteiger partial charge in [-0.3, -0.25) is 0 Å². The van der Waals surface area contributed by atoms with E-state index in [4.69, 9.17) is 11.6 Å². The number of imidazole rings is 1. The summed E-state index contributed by atoms with van der Waals surface area (Å²) in [5.41, 5.74) is 5.47. The Labute approximate surface area is 153 Å². The highest BCUT2D eigenvalue weighted by molar-refractivity contribution is 6.31. The van der Waals surface area contributed by atoms with Crippen LogP contribution in [0, 0.1) is 5.92 Å². The Morgan fingerprint density at radius 1 is 1.04 bits per heavy atom. The highest BCUT2D eigenvalue weighted by Crippen LogP contribution is 2.28. The topological polar surface area (TPSA) is 40.7 Å². The molecular weight excluding hydrogens is 330 g/mol. The monoisotopic (exact) mass is 353 g/mol. The lowest BCUT2D eigenvalue weighted by Gasteiger charge is -2.22. The number of H-pyrrole nitrogens is 1. The van der Waals surface area contributed by atoms with Gasteiger partial charge in [-0.2, -0.15) is 0 Å². The summed E-state index contributed by atoms with van der Waals surface area (Å²) < 4.78 is 0. The van der Waals surface area contributed by atoms with Crippen LogP contribution in [-0.4, -0.2) is 16.5 Å². The molecule has 2 aromatic carbocycles. The van der Waals surface area contributed by atoms with Gasteiger partial charge in [-0.05, 0) is 60.2 Å². The molecule has 0 saturated heterocycles. The van der Waals surface area contributed by atoms with Gasteiger partial charge in [-0.1, -0.05) is 49.1 Å². The first-order chi connectivity index (χ1) is 12.3. The summed E-state index contributed by atoms with van der Waals surface area (Å²) in [6.45, 7) is 1.95. The van der Waals surface area contributed by atoms with Gasteiger partial charge >= 0.3 is 0 Å². The zero-order chi connectivity index (χ0) is 17.1. The maximum Gasteiger partial charge on any atom is 0.0931 e. The van der Waals surface area contributed by atoms with E-state index in [1.165, 1.54) is 37.7 Å². The fourth-order valence-electron chi connectivity index (χ4n) is 3.78. The van der Waals surface area contributed by atoms with E-state index in [9.17, 15) is 0 Å². The third-order valence-electron chi connectivity index (χ3n) is 5.28. The molecule has 1 aliphatic carbocycles. The van der Waals surface area contributed by atoms with Crippen LogP contribution in [0.15, 0.2) is 42.7 Å². The SMILES string of the molecule is Clc1cc(-c2ccc3[nH]cnc3c2)ccc1CNCC1CCCCC1. The molecule has 1 aliphatic rings. The average Bonchev–Trinajstić information content (AvgIpc) is 3.11. The highest BCUT2D eigenvalue weighted by Gasteiger charge is 2.13. The summed E-state index contributed by atoms with van der Waals surface area (Å²) in [7, 11) is 0. The number of rotatable bonds is 5. The minimum absolute atomic E-state index is 0.829. The van der Waals surface area contributed by atoms with Crippen molar-refractivity contribution in [1.82, 2.24) is 15.3 Å². The summed E-state index contributed by atoms with van der Waals surface area (Å²) in [6.07, 6.45) is 8.66. The van der Waals surface area contributed by atoms with Gasteiger partial charge in [0.15, 0.2) is 0 Å². The molecule has 0 amide bonds. The third-order valence-corrected chi connectivity index (χ3v) is 5.63. The number of nitrogens with one attached hydrogen (secondary N) is 2. The van der Waals surface area contributed by atoms with Gasteiger partial charge in [-0.25, -0.2) is 4.98 Å². The molecule has 0 atom stereocenters. The molecule has 0 unspecified atom stereocenters. The molecule has 0 radical (unpaired) electrons. The van der Waals surface area contributed by atoms with Crippen molar-refractivity contribution in [2.75, 3.05) is 6.54 Å². The maximum absolute atomic E-state index is 6.54. The first kappa shape index (κ1) is 16.6. The third kappa shape index (κ3) is 3.88. The molecule has 1 heterocycles. The summed E-state index contributed by atoms with van der Waals surface area (Å²) >= 11 is 6.54. The molecule has 25 heavy (non-hydrogen) atoms. The molecule has 4 heteroatoms. The molecule has 1 saturated carbocycles. The number of aromatic amines is 1. The summed E-state index contributed by atoms with van der Waals surface area (Å²) in [5.74, 6) is 0.840. The number of fused-ring (bicyclic) bond motifs is 1. The summed E-state index contributed by atoms with van der Waals surface area (Å²) in [5, 5.41) is 4.42. The lowest BCUT2D eigenvalue weighted by Crippen LogP contribution is -2.24. The van der Waals surface area contributed by atoms with Gasteiger partial charge in [0.1, 0.15) is 0 Å². The Hall–Kier alpha value is -1.84. The van der Waals surface area contributed by atoms with Crippen molar-refractivity contribution in [1.29, 1.82) is 0 Å². The average molecular weight is 354 g/mol. The Morgan fingerprint density at radius 3 is 2.68 bits per heavy atom. The van der Waals surface area contributed by atoms with E-state index < -0.39 is 0 Å². The van der Waals surface area contributed by atoms with Crippen LogP contribution in [0.4, 0.5) is 0 Å². The fraction of sp³-hybridized carbons (Fsp3) is 0.381. The number of benzene rings is 2. The molecule has 3 nitrogen and oxygen atoms in total. The molecule has 130 valence electrons. The highest BCUT2D eigenvalue weighted by atomic mass is 35.5. The van der Waals surface area contributed by atoms with E-state index >= 15 is 0 Å². The van der Waals surface area contributed by atoms with Crippen LogP contribution in [0.2, 0.25) is 5.02 Å². The molecule has 1 aromatic heterocycles. The predicted molar refractivity (Wildman–Crippen MR) is 105 cm³/mol. The van der Waals surface area contributed by atoms with Crippen molar-refractivity contribution in [3.8, 4) is 11.1 Å². The van der Waals surface area contributed by atoms with Crippen molar-refractivity contribution in [3.63, 3.8) is 0 Å². The largest absolute Gasteiger partial charge is 0.345 e. The molecule has 1 fully saturated rings. The van der Waals surface area contributed by atoms with E-state index in [2.05, 4.69) is 51.7 Å². The standard InChI is InChI=1S/C21H24ClN3/c22-19-10-16(17-8-9-20-21(11-17)25-14-24-20)6-7-18(19)13-23-12-15-4-2-1-3-5-15/h6-11,14-15,23H,1-5,12-13H2,(H,24,25). The van der Waals surface area contributed by atoms with Crippen LogP contribution < -0.4 is 5.32 Å². The van der Waals surface area contributed by atoms with Crippen LogP contribution in [0.3, 0.4) is 0 Å². The van der Waals surface area contributed by atoms with Gasteiger partial charge in [-0.15, -0.1) is 0 Å². The van der Waals surface area contributed by atoms with Crippen molar-refractivity contribution in [2.24, 2.45) is 5.92 Å². The number of halogens is 1. The molecular formula is C21H24ClN3. The Bertz CT molecular complexity index is 849. The lowest BCUT2D eigenvalue weighted by atomic mass is 9.89. The molecule has 2 N–H and O–H groups in total. The maximum atomic E-state index is 6.54. The van der Waals surface area contributed by atoms with E-state index in [0.29, 0.717) is 0 Å². The summed E-state index contributed by atoms with van der Waals surface area (Å²) in [4.78, 5) is 7.45. The van der Waals surface area contributed by atoms with E-state index in [1.807, 2.05) is 0 Å². The Kier molecular flexibility index (Phi) is 5.04. The normalized spacial score (nSPS) is 15.7. The number of nitrogens with zero attached hydrogens (tertiary/aromatic N) is 1. The van der Waals surface area contributed by atoms with Gasteiger partial charge in [0, 0.05) is 11.6 Å². The minimum Gasteiger partial charge on any atom is -0.345 e. The van der Waals surface area contributed by atoms with Gasteiger partial charge < -0.3 is 10.3 Å². The predicted octanol–water partition coefficient (Wildman–Crippen LogP) is 5.55. The van der Waals surface area contributed by atoms with Crippen LogP contribution in [0.25, 0.3) is 22.2 Å². The van der Waals surface area contributed by atoms with Gasteiger partial charge in [0.05, 0.1) is 17.4 Å². The Balaban J connectivity index is 1.42. The molecule has 0 spiro atoms. The van der Waals surface area contributed by atoms with Crippen LogP contribution in [-0.2, 0) is 6.54 Å². The molecule has 0 bridgehead atoms. The van der Waals surface area contributed by atoms with Crippen molar-refractivity contribution in [3.05, 3.63) is 53.3 Å². The smallest absolute Gasteiger partial charge is 0.0931 e. The van der Waals surface area contributed by atoms with E-state index in [0.717, 1.165) is 46.2 Å². The zero-order valence-electron chi connectivity index (χ0n) is 14.4. The van der Waals surface area contributed by atoms with Crippen LogP contribution in [0.5, 0.6) is 0 Å². The fourth-order valence-corrected chi connectivity index (χ4v) is 4.03. The van der Waals surface area contributed by atoms with Crippen molar-refractivity contribution >= 4 is 22.6 Å². The van der Waals surface area contributed by atoms with Gasteiger partial charge in [0.25, 0.3) is 0 Å². The van der Waals surface area contributed by atoms with Crippen LogP contribution in [0.1, 0.15) is 37.7 Å². The second-order valence-corrected chi connectivity index (χ2v) is 7.48. The molecule has 0 aliphatic heterocycles. The lowest BCUT2D eigenvalue weighted by molar-refractivity contribution is 0.342. The van der Waals surface area contributed by atoms with Crippen molar-refractivity contribution in [2.45, 2.75) is 38.6 Å². The van der Waals surface area contributed by atoms with E-state index in [-0.39, 0.29) is 0 Å². The van der Waals surface area contributed by atoms with Crippen LogP contribution >= 0.6 is 11.6 Å². The van der Waals surface area contributed by atoms with E-state index in [1.54, 1.807) is 6.33 Å². The first-order valence-corrected chi connectivity index (χ1v) is 9.60. The zero-order valence-corrected chi connectivity index (χ0v) is 15.1. The molecule has 4 rings (SSSR count). The van der Waals surface area contributed by atoms with Gasteiger partial charge in [0.2, 0.25) is 0 Å². The quantitative estimate of drug-likeness (QED) is 0.631. The molecule has 3 aromatic rings. The Morgan fingerprint density at radius 2 is 1.84 bits per heavy atom. The number of hydrogen-bond acceptors (Lipinski definition) is 2. The van der Waals surface area contributed by atoms with Crippen molar-refractivity contribution < 1.29 is 0 Å². The second-order valence-electron chi connectivity index (χ2n) is 7.08. The number of hydrogen-bond donors (Lipinski definition) is 2. The second kappa shape index (κ2) is 7.59. The first-order valence-electron chi connectivity index (χ1n) is 9.22. The minimum atomic E-state index is 0.829. The number of aromatic nitrogens is 2.